The SMILES string of the molecule is CSCC(C)N(C(=O)c1c(C(N)=O)cccc1[N+](=O)[O-])C1(C)C=CC(OC(F)(F)C(F)C(F)(F)F)=CC1. The van der Waals surface area contributed by atoms with Gasteiger partial charge in [0.2, 0.25) is 5.91 Å². The normalized spacial score (nSPS) is 19.5. The molecule has 3 unspecified atom stereocenters. The number of benzene rings is 1. The Balaban J connectivity index is 2.50. The van der Waals surface area contributed by atoms with Crippen molar-refractivity contribution in [3.05, 3.63) is 63.4 Å². The Morgan fingerprint density at radius 3 is 2.38 bits per heavy atom. The number of ether oxygens (including phenoxy) is 1. The number of thioether (sulfide) groups is 1. The molecule has 2 rings (SSSR count). The van der Waals surface area contributed by atoms with Crippen molar-refractivity contribution in [2.75, 3.05) is 12.0 Å². The molecule has 0 saturated carbocycles. The highest BCUT2D eigenvalue weighted by Gasteiger charge is 2.59. The van der Waals surface area contributed by atoms with Crippen LogP contribution in [0.3, 0.4) is 0 Å². The first-order chi connectivity index (χ1) is 17.0. The highest BCUT2D eigenvalue weighted by Crippen LogP contribution is 2.39. The first kappa shape index (κ1) is 30.0. The van der Waals surface area contributed by atoms with Gasteiger partial charge in [-0.1, -0.05) is 12.1 Å². The number of primary amides is 1. The molecule has 2 N–H and O–H groups in total. The van der Waals surface area contributed by atoms with E-state index in [1.165, 1.54) is 35.7 Å². The van der Waals surface area contributed by atoms with Gasteiger partial charge >= 0.3 is 12.3 Å². The van der Waals surface area contributed by atoms with Crippen molar-refractivity contribution in [2.24, 2.45) is 5.73 Å². The van der Waals surface area contributed by atoms with Crippen LogP contribution in [0.5, 0.6) is 0 Å². The number of nitro benzene ring substituents is 1. The number of carbonyl (C=O) groups is 2. The summed E-state index contributed by atoms with van der Waals surface area (Å²) in [6.45, 7) is 3.07. The number of carbonyl (C=O) groups excluding carboxylic acids is 2. The van der Waals surface area contributed by atoms with Crippen molar-refractivity contribution in [1.29, 1.82) is 0 Å². The van der Waals surface area contributed by atoms with Gasteiger partial charge in [0.25, 0.3) is 17.8 Å². The lowest BCUT2D eigenvalue weighted by molar-refractivity contribution is -0.385. The van der Waals surface area contributed by atoms with Gasteiger partial charge < -0.3 is 15.4 Å². The lowest BCUT2D eigenvalue weighted by atomic mass is 9.88. The number of alkyl halides is 6. The molecule has 0 saturated heterocycles. The fourth-order valence-corrected chi connectivity index (χ4v) is 4.48. The standard InChI is InChI=1S/C22H23F6N3O5S/c1-12(11-37-3)30(18(33)16-14(17(29)32)5-4-6-15(16)31(34)35)20(2)9-7-13(8-10-20)36-22(27,28)19(23)21(24,25)26/h4-9,12,19H,10-11H2,1-3H3,(H2,29,32). The molecule has 8 nitrogen and oxygen atoms in total. The van der Waals surface area contributed by atoms with Crippen molar-refractivity contribution in [3.63, 3.8) is 0 Å². The average Bonchev–Trinajstić information content (AvgIpc) is 2.79. The van der Waals surface area contributed by atoms with E-state index in [-0.39, 0.29) is 6.42 Å². The van der Waals surface area contributed by atoms with E-state index in [9.17, 15) is 46.0 Å². The quantitative estimate of drug-likeness (QED) is 0.247. The zero-order chi connectivity index (χ0) is 28.3. The van der Waals surface area contributed by atoms with Crippen LogP contribution in [0.25, 0.3) is 0 Å². The second-order valence-electron chi connectivity index (χ2n) is 8.37. The number of halogens is 6. The second-order valence-corrected chi connectivity index (χ2v) is 9.28. The number of nitro groups is 1. The van der Waals surface area contributed by atoms with E-state index < -0.39 is 69.3 Å². The van der Waals surface area contributed by atoms with Crippen LogP contribution in [0, 0.1) is 10.1 Å². The zero-order valence-corrected chi connectivity index (χ0v) is 20.5. The van der Waals surface area contributed by atoms with Crippen LogP contribution in [0.2, 0.25) is 0 Å². The lowest BCUT2D eigenvalue weighted by Gasteiger charge is -2.44. The van der Waals surface area contributed by atoms with Gasteiger partial charge in [-0.15, -0.1) is 0 Å². The summed E-state index contributed by atoms with van der Waals surface area (Å²) in [4.78, 5) is 37.7. The third-order valence-electron chi connectivity index (χ3n) is 5.50. The van der Waals surface area contributed by atoms with Gasteiger partial charge in [-0.3, -0.25) is 19.7 Å². The molecule has 0 spiro atoms. The Kier molecular flexibility index (Phi) is 8.94. The van der Waals surface area contributed by atoms with Crippen LogP contribution in [0.4, 0.5) is 32.0 Å². The summed E-state index contributed by atoms with van der Waals surface area (Å²) in [6, 6.07) is 2.69. The molecule has 0 radical (unpaired) electrons. The molecule has 1 aliphatic carbocycles. The number of nitrogens with two attached hydrogens (primary N) is 1. The van der Waals surface area contributed by atoms with E-state index in [0.29, 0.717) is 5.75 Å². The van der Waals surface area contributed by atoms with Crippen LogP contribution >= 0.6 is 11.8 Å². The van der Waals surface area contributed by atoms with E-state index in [1.807, 2.05) is 0 Å². The molecule has 3 atom stereocenters. The summed E-state index contributed by atoms with van der Waals surface area (Å²) in [5.41, 5.74) is 2.29. The fourth-order valence-electron chi connectivity index (χ4n) is 3.85. The maximum Gasteiger partial charge on any atom is 0.439 e. The first-order valence-electron chi connectivity index (χ1n) is 10.5. The first-order valence-corrected chi connectivity index (χ1v) is 11.9. The average molecular weight is 555 g/mol. The number of hydrogen-bond donors (Lipinski definition) is 1. The minimum Gasteiger partial charge on any atom is -0.430 e. The molecule has 0 fully saturated rings. The Labute approximate surface area is 211 Å². The largest absolute Gasteiger partial charge is 0.439 e. The molecule has 0 aliphatic heterocycles. The zero-order valence-electron chi connectivity index (χ0n) is 19.7. The monoisotopic (exact) mass is 555 g/mol. The Morgan fingerprint density at radius 1 is 1.30 bits per heavy atom. The van der Waals surface area contributed by atoms with Crippen molar-refractivity contribution >= 4 is 29.3 Å². The maximum atomic E-state index is 13.8. The molecular weight excluding hydrogens is 532 g/mol. The highest BCUT2D eigenvalue weighted by atomic mass is 32.2. The van der Waals surface area contributed by atoms with E-state index in [0.717, 1.165) is 24.3 Å². The van der Waals surface area contributed by atoms with E-state index in [4.69, 9.17) is 5.73 Å². The van der Waals surface area contributed by atoms with E-state index in [2.05, 4.69) is 4.74 Å². The summed E-state index contributed by atoms with van der Waals surface area (Å²) in [7, 11) is 0. The molecule has 2 amide bonds. The summed E-state index contributed by atoms with van der Waals surface area (Å²) in [5, 5.41) is 11.6. The summed E-state index contributed by atoms with van der Waals surface area (Å²) < 4.78 is 81.9. The molecule has 204 valence electrons. The molecule has 1 aliphatic rings. The minimum atomic E-state index is -5.87. The van der Waals surface area contributed by atoms with Crippen LogP contribution in [0.1, 0.15) is 41.0 Å². The second kappa shape index (κ2) is 11.0. The molecule has 0 aromatic heterocycles. The molecule has 1 aromatic carbocycles. The van der Waals surface area contributed by atoms with E-state index in [1.54, 1.807) is 13.2 Å². The Bertz CT molecular complexity index is 1090. The van der Waals surface area contributed by atoms with Gasteiger partial charge in [0.1, 0.15) is 11.3 Å². The molecular formula is C22H23F6N3O5S. The number of allylic oxidation sites excluding steroid dienone is 1. The van der Waals surface area contributed by atoms with Gasteiger partial charge in [-0.2, -0.15) is 33.7 Å². The minimum absolute atomic E-state index is 0.297. The Hall–Kier alpha value is -3.23. The molecule has 0 bridgehead atoms. The fraction of sp³-hybridized carbons (Fsp3) is 0.455. The highest BCUT2D eigenvalue weighted by molar-refractivity contribution is 7.98. The summed E-state index contributed by atoms with van der Waals surface area (Å²) in [6.07, 6.45) is -11.3. The van der Waals surface area contributed by atoms with Crippen LogP contribution < -0.4 is 5.73 Å². The summed E-state index contributed by atoms with van der Waals surface area (Å²) >= 11 is 1.32. The van der Waals surface area contributed by atoms with Crippen molar-refractivity contribution < 1.29 is 45.6 Å². The van der Waals surface area contributed by atoms with Crippen molar-refractivity contribution in [1.82, 2.24) is 4.90 Å². The lowest BCUT2D eigenvalue weighted by Crippen LogP contribution is -2.54. The number of amides is 2. The van der Waals surface area contributed by atoms with E-state index >= 15 is 0 Å². The van der Waals surface area contributed by atoms with Crippen molar-refractivity contribution in [2.45, 2.75) is 50.3 Å². The predicted octanol–water partition coefficient (Wildman–Crippen LogP) is 5.00. The number of nitrogens with zero attached hydrogens (tertiary/aromatic N) is 2. The topological polar surface area (TPSA) is 116 Å². The summed E-state index contributed by atoms with van der Waals surface area (Å²) in [5.74, 6) is -2.53. The third kappa shape index (κ3) is 6.56. The van der Waals surface area contributed by atoms with Gasteiger partial charge in [0, 0.05) is 17.9 Å². The number of rotatable bonds is 10. The van der Waals surface area contributed by atoms with Crippen LogP contribution in [-0.4, -0.2) is 63.7 Å². The van der Waals surface area contributed by atoms with Crippen LogP contribution in [0.15, 0.2) is 42.2 Å². The Morgan fingerprint density at radius 2 is 1.92 bits per heavy atom. The van der Waals surface area contributed by atoms with Crippen LogP contribution in [-0.2, 0) is 4.74 Å². The molecule has 0 heterocycles. The third-order valence-corrected chi connectivity index (χ3v) is 6.31. The molecule has 15 heteroatoms. The van der Waals surface area contributed by atoms with Gasteiger partial charge in [-0.05, 0) is 44.7 Å². The van der Waals surface area contributed by atoms with Gasteiger partial charge in [0.05, 0.1) is 16.0 Å². The predicted molar refractivity (Wildman–Crippen MR) is 123 cm³/mol. The van der Waals surface area contributed by atoms with Crippen molar-refractivity contribution in [3.8, 4) is 0 Å². The molecule has 37 heavy (non-hydrogen) atoms. The maximum absolute atomic E-state index is 13.8. The van der Waals surface area contributed by atoms with Gasteiger partial charge in [-0.25, -0.2) is 4.39 Å². The number of hydrogen-bond acceptors (Lipinski definition) is 6. The van der Waals surface area contributed by atoms with Gasteiger partial charge in [0.15, 0.2) is 0 Å². The molecule has 1 aromatic rings. The smallest absolute Gasteiger partial charge is 0.430 e.